The minimum atomic E-state index is -5.08. The van der Waals surface area contributed by atoms with E-state index in [9.17, 15) is 23.1 Å². The SMILES string of the molecule is Cc1cc(C(=N)CC(O)(c2cc(Cl)cc(Cl)c2)C(F)(F)F)ccc1C(=O)NC1CSSC1. The van der Waals surface area contributed by atoms with Gasteiger partial charge < -0.3 is 15.8 Å². The number of carbonyl (C=O) groups is 1. The molecule has 0 saturated carbocycles. The van der Waals surface area contributed by atoms with E-state index in [1.807, 2.05) is 0 Å². The van der Waals surface area contributed by atoms with Crippen LogP contribution in [-0.2, 0) is 5.60 Å². The maximum atomic E-state index is 13.9. The van der Waals surface area contributed by atoms with Crippen molar-refractivity contribution < 1.29 is 23.1 Å². The molecular formula is C21H19Cl2F3N2O2S2. The summed E-state index contributed by atoms with van der Waals surface area (Å²) in [6.07, 6.45) is -6.13. The quantitative estimate of drug-likeness (QED) is 0.321. The van der Waals surface area contributed by atoms with Gasteiger partial charge in [0, 0.05) is 45.3 Å². The summed E-state index contributed by atoms with van der Waals surface area (Å²) in [5.74, 6) is 1.35. The Bertz CT molecular complexity index is 1030. The van der Waals surface area contributed by atoms with Gasteiger partial charge in [0.2, 0.25) is 0 Å². The minimum absolute atomic E-state index is 0.0567. The monoisotopic (exact) mass is 522 g/mol. The fourth-order valence-corrected chi connectivity index (χ4v) is 6.44. The fourth-order valence-electron chi connectivity index (χ4n) is 3.28. The van der Waals surface area contributed by atoms with Crippen LogP contribution in [0.4, 0.5) is 13.2 Å². The van der Waals surface area contributed by atoms with Crippen LogP contribution in [0.25, 0.3) is 0 Å². The number of hydrogen-bond donors (Lipinski definition) is 3. The molecule has 3 N–H and O–H groups in total. The molecule has 3 rings (SSSR count). The molecule has 1 aliphatic heterocycles. The van der Waals surface area contributed by atoms with E-state index in [0.717, 1.165) is 23.6 Å². The summed E-state index contributed by atoms with van der Waals surface area (Å²) in [5, 5.41) is 21.7. The first kappa shape index (κ1) is 25.2. The first-order valence-corrected chi connectivity index (χ1v) is 12.6. The lowest BCUT2D eigenvalue weighted by Gasteiger charge is -2.31. The van der Waals surface area contributed by atoms with Crippen LogP contribution in [0.3, 0.4) is 0 Å². The van der Waals surface area contributed by atoms with Gasteiger partial charge in [-0.05, 0) is 53.9 Å². The molecule has 2 aromatic carbocycles. The second kappa shape index (κ2) is 9.85. The molecule has 1 saturated heterocycles. The molecule has 172 valence electrons. The molecule has 0 aliphatic carbocycles. The summed E-state index contributed by atoms with van der Waals surface area (Å²) >= 11 is 11.7. The largest absolute Gasteiger partial charge is 0.421 e. The van der Waals surface area contributed by atoms with E-state index in [1.54, 1.807) is 28.5 Å². The van der Waals surface area contributed by atoms with E-state index < -0.39 is 29.5 Å². The standard InChI is InChI=1S/C21H19Cl2F3N2O2S2/c1-11-4-12(2-3-17(11)19(29)28-16-9-31-32-10-16)18(27)8-20(30,21(24,25)26)13-5-14(22)7-15(23)6-13/h2-7,16,27,30H,8-10H2,1H3,(H,28,29). The molecule has 1 heterocycles. The average Bonchev–Trinajstić information content (AvgIpc) is 3.19. The van der Waals surface area contributed by atoms with Crippen molar-refractivity contribution in [3.8, 4) is 0 Å². The average molecular weight is 523 g/mol. The van der Waals surface area contributed by atoms with Gasteiger partial charge in [-0.1, -0.05) is 50.9 Å². The van der Waals surface area contributed by atoms with E-state index in [0.29, 0.717) is 11.1 Å². The molecule has 1 atom stereocenters. The summed E-state index contributed by atoms with van der Waals surface area (Å²) in [4.78, 5) is 12.5. The molecule has 1 unspecified atom stereocenters. The Morgan fingerprint density at radius 2 is 1.75 bits per heavy atom. The third-order valence-electron chi connectivity index (χ3n) is 5.02. The summed E-state index contributed by atoms with van der Waals surface area (Å²) < 4.78 is 41.6. The normalized spacial score (nSPS) is 16.6. The highest BCUT2D eigenvalue weighted by molar-refractivity contribution is 8.77. The van der Waals surface area contributed by atoms with Crippen molar-refractivity contribution >= 4 is 56.4 Å². The Morgan fingerprint density at radius 1 is 1.16 bits per heavy atom. The number of hydrogen-bond acceptors (Lipinski definition) is 5. The Morgan fingerprint density at radius 3 is 2.28 bits per heavy atom. The van der Waals surface area contributed by atoms with E-state index in [2.05, 4.69) is 5.32 Å². The van der Waals surface area contributed by atoms with Crippen LogP contribution < -0.4 is 5.32 Å². The molecule has 1 amide bonds. The van der Waals surface area contributed by atoms with Gasteiger partial charge >= 0.3 is 6.18 Å². The second-order valence-electron chi connectivity index (χ2n) is 7.44. The summed E-state index contributed by atoms with van der Waals surface area (Å²) in [6.45, 7) is 1.65. The fraction of sp³-hybridized carbons (Fsp3) is 0.333. The van der Waals surface area contributed by atoms with Crippen molar-refractivity contribution in [3.63, 3.8) is 0 Å². The number of alkyl halides is 3. The zero-order valence-corrected chi connectivity index (χ0v) is 19.9. The molecule has 0 bridgehead atoms. The van der Waals surface area contributed by atoms with Gasteiger partial charge in [-0.3, -0.25) is 4.79 Å². The summed E-state index contributed by atoms with van der Waals surface area (Å²) in [6, 6.07) is 7.62. The molecular weight excluding hydrogens is 504 g/mol. The van der Waals surface area contributed by atoms with Crippen LogP contribution in [0.2, 0.25) is 10.0 Å². The lowest BCUT2D eigenvalue weighted by Crippen LogP contribution is -2.44. The van der Waals surface area contributed by atoms with E-state index >= 15 is 0 Å². The number of nitrogens with one attached hydrogen (secondary N) is 2. The molecule has 0 radical (unpaired) electrons. The molecule has 1 fully saturated rings. The van der Waals surface area contributed by atoms with Crippen molar-refractivity contribution in [2.45, 2.75) is 31.2 Å². The Balaban J connectivity index is 1.85. The Labute approximate surface area is 201 Å². The lowest BCUT2D eigenvalue weighted by atomic mass is 9.85. The molecule has 11 heteroatoms. The van der Waals surface area contributed by atoms with Crippen LogP contribution in [0.1, 0.15) is 33.5 Å². The maximum Gasteiger partial charge on any atom is 0.421 e. The van der Waals surface area contributed by atoms with Gasteiger partial charge in [0.1, 0.15) is 0 Å². The maximum absolute atomic E-state index is 13.9. The number of aliphatic hydroxyl groups is 1. The summed E-state index contributed by atoms with van der Waals surface area (Å²) in [7, 11) is 3.36. The van der Waals surface area contributed by atoms with Gasteiger partial charge in [-0.2, -0.15) is 13.2 Å². The highest BCUT2D eigenvalue weighted by atomic mass is 35.5. The Kier molecular flexibility index (Phi) is 7.77. The number of carbonyl (C=O) groups excluding carboxylic acids is 1. The first-order valence-electron chi connectivity index (χ1n) is 9.40. The lowest BCUT2D eigenvalue weighted by molar-refractivity contribution is -0.263. The number of aryl methyl sites for hydroxylation is 1. The highest BCUT2D eigenvalue weighted by Crippen LogP contribution is 2.43. The van der Waals surface area contributed by atoms with Crippen molar-refractivity contribution in [2.24, 2.45) is 0 Å². The van der Waals surface area contributed by atoms with Gasteiger partial charge in [0.25, 0.3) is 5.91 Å². The Hall–Kier alpha value is -1.39. The molecule has 32 heavy (non-hydrogen) atoms. The van der Waals surface area contributed by atoms with Gasteiger partial charge in [-0.25, -0.2) is 0 Å². The van der Waals surface area contributed by atoms with Crippen molar-refractivity contribution in [1.29, 1.82) is 5.41 Å². The molecule has 0 aromatic heterocycles. The van der Waals surface area contributed by atoms with E-state index in [-0.39, 0.29) is 27.6 Å². The molecule has 4 nitrogen and oxygen atoms in total. The number of amides is 1. The molecule has 2 aromatic rings. The van der Waals surface area contributed by atoms with Crippen molar-refractivity contribution in [1.82, 2.24) is 5.32 Å². The molecule has 0 spiro atoms. The van der Waals surface area contributed by atoms with Gasteiger partial charge in [0.15, 0.2) is 5.60 Å². The second-order valence-corrected chi connectivity index (χ2v) is 10.9. The van der Waals surface area contributed by atoms with Gasteiger partial charge in [0.05, 0.1) is 0 Å². The molecule has 1 aliphatic rings. The minimum Gasteiger partial charge on any atom is -0.376 e. The zero-order chi connectivity index (χ0) is 23.7. The first-order chi connectivity index (χ1) is 14.9. The number of benzene rings is 2. The van der Waals surface area contributed by atoms with Crippen LogP contribution >= 0.6 is 44.8 Å². The van der Waals surface area contributed by atoms with E-state index in [4.69, 9.17) is 28.6 Å². The third kappa shape index (κ3) is 5.56. The number of halogens is 5. The van der Waals surface area contributed by atoms with Crippen LogP contribution in [-0.4, -0.2) is 40.4 Å². The van der Waals surface area contributed by atoms with E-state index in [1.165, 1.54) is 24.3 Å². The van der Waals surface area contributed by atoms with Crippen LogP contribution in [0, 0.1) is 12.3 Å². The van der Waals surface area contributed by atoms with Crippen molar-refractivity contribution in [2.75, 3.05) is 11.5 Å². The third-order valence-corrected chi connectivity index (χ3v) is 8.01. The smallest absolute Gasteiger partial charge is 0.376 e. The predicted molar refractivity (Wildman–Crippen MR) is 125 cm³/mol. The topological polar surface area (TPSA) is 73.2 Å². The number of rotatable bonds is 6. The highest BCUT2D eigenvalue weighted by Gasteiger charge is 2.55. The predicted octanol–water partition coefficient (Wildman–Crippen LogP) is 6.00. The zero-order valence-electron chi connectivity index (χ0n) is 16.7. The van der Waals surface area contributed by atoms with Gasteiger partial charge in [-0.15, -0.1) is 0 Å². The summed E-state index contributed by atoms with van der Waals surface area (Å²) in [5.41, 5.74) is -3.28. The van der Waals surface area contributed by atoms with Crippen LogP contribution in [0.5, 0.6) is 0 Å². The van der Waals surface area contributed by atoms with Crippen molar-refractivity contribution in [3.05, 3.63) is 68.7 Å². The van der Waals surface area contributed by atoms with Crippen LogP contribution in [0.15, 0.2) is 36.4 Å².